The Balaban J connectivity index is 1.39. The molecule has 1 aliphatic heterocycles. The number of hydrogen-bond donors (Lipinski definition) is 1. The number of methoxy groups -OCH3 is 1. The summed E-state index contributed by atoms with van der Waals surface area (Å²) in [6.07, 6.45) is 4.45. The van der Waals surface area contributed by atoms with Crippen LogP contribution in [0.4, 0.5) is 0 Å². The quantitative estimate of drug-likeness (QED) is 0.682. The average molecular weight is 429 g/mol. The number of likely N-dealkylation sites (tertiary alicyclic amines) is 1. The predicted molar refractivity (Wildman–Crippen MR) is 111 cm³/mol. The van der Waals surface area contributed by atoms with Gasteiger partial charge in [0, 0.05) is 50.2 Å². The molecule has 156 valence electrons. The van der Waals surface area contributed by atoms with Crippen LogP contribution in [-0.4, -0.2) is 62.7 Å². The second-order valence-electron chi connectivity index (χ2n) is 7.12. The molecule has 0 unspecified atom stereocenters. The zero-order valence-electron chi connectivity index (χ0n) is 16.6. The fourth-order valence-electron chi connectivity index (χ4n) is 3.58. The highest BCUT2D eigenvalue weighted by Crippen LogP contribution is 2.24. The van der Waals surface area contributed by atoms with Crippen LogP contribution in [0, 0.1) is 0 Å². The van der Waals surface area contributed by atoms with Crippen molar-refractivity contribution in [3.05, 3.63) is 46.9 Å². The number of carbonyl (C=O) groups excluding carboxylic acids is 2. The van der Waals surface area contributed by atoms with Crippen molar-refractivity contribution in [1.82, 2.24) is 30.0 Å². The number of fused-ring (bicyclic) bond motifs is 1. The summed E-state index contributed by atoms with van der Waals surface area (Å²) >= 11 is 6.27. The van der Waals surface area contributed by atoms with Crippen LogP contribution in [-0.2, 0) is 7.05 Å². The van der Waals surface area contributed by atoms with Crippen LogP contribution in [0.25, 0.3) is 11.0 Å². The van der Waals surface area contributed by atoms with Gasteiger partial charge in [-0.15, -0.1) is 5.10 Å². The first kappa shape index (κ1) is 20.1. The highest BCUT2D eigenvalue weighted by molar-refractivity contribution is 6.35. The Kier molecular flexibility index (Phi) is 5.54. The van der Waals surface area contributed by atoms with E-state index in [2.05, 4.69) is 20.4 Å². The van der Waals surface area contributed by atoms with Crippen LogP contribution in [0.5, 0.6) is 5.88 Å². The van der Waals surface area contributed by atoms with E-state index >= 15 is 0 Å². The number of amides is 2. The van der Waals surface area contributed by atoms with Gasteiger partial charge in [-0.05, 0) is 25.0 Å². The van der Waals surface area contributed by atoms with E-state index in [1.54, 1.807) is 42.5 Å². The SMILES string of the molecule is COc1cc(C(=O)NC2CCN(C(=O)c3cc(Cl)c4nccnc4c3)CC2)n(C)n1. The molecule has 0 radical (unpaired) electrons. The molecule has 0 aliphatic carbocycles. The maximum absolute atomic E-state index is 12.9. The van der Waals surface area contributed by atoms with Crippen LogP contribution in [0.1, 0.15) is 33.7 Å². The summed E-state index contributed by atoms with van der Waals surface area (Å²) in [7, 11) is 3.20. The van der Waals surface area contributed by atoms with Crippen LogP contribution < -0.4 is 10.1 Å². The third-order valence-electron chi connectivity index (χ3n) is 5.19. The summed E-state index contributed by atoms with van der Waals surface area (Å²) < 4.78 is 6.54. The molecule has 4 rings (SSSR count). The zero-order valence-corrected chi connectivity index (χ0v) is 17.4. The molecule has 3 aromatic rings. The van der Waals surface area contributed by atoms with Crippen molar-refractivity contribution in [1.29, 1.82) is 0 Å². The van der Waals surface area contributed by atoms with Gasteiger partial charge in [0.1, 0.15) is 11.2 Å². The van der Waals surface area contributed by atoms with Crippen molar-refractivity contribution >= 4 is 34.4 Å². The van der Waals surface area contributed by atoms with Crippen LogP contribution in [0.3, 0.4) is 0 Å². The fourth-order valence-corrected chi connectivity index (χ4v) is 3.84. The van der Waals surface area contributed by atoms with E-state index in [1.807, 2.05) is 0 Å². The number of nitrogens with one attached hydrogen (secondary N) is 1. The van der Waals surface area contributed by atoms with Crippen molar-refractivity contribution in [2.75, 3.05) is 20.2 Å². The molecule has 9 nitrogen and oxygen atoms in total. The van der Waals surface area contributed by atoms with E-state index in [4.69, 9.17) is 16.3 Å². The monoisotopic (exact) mass is 428 g/mol. The lowest BCUT2D eigenvalue weighted by atomic mass is 10.0. The molecular formula is C20H21ClN6O3. The number of rotatable bonds is 4. The highest BCUT2D eigenvalue weighted by atomic mass is 35.5. The second-order valence-corrected chi connectivity index (χ2v) is 7.52. The number of nitrogens with zero attached hydrogens (tertiary/aromatic N) is 5. The van der Waals surface area contributed by atoms with E-state index in [0.717, 1.165) is 0 Å². The fraction of sp³-hybridized carbons (Fsp3) is 0.350. The first-order valence-electron chi connectivity index (χ1n) is 9.54. The Labute approximate surface area is 178 Å². The van der Waals surface area contributed by atoms with Crippen LogP contribution >= 0.6 is 11.6 Å². The first-order chi connectivity index (χ1) is 14.5. The number of ether oxygens (including phenoxy) is 1. The van der Waals surface area contributed by atoms with Crippen molar-refractivity contribution in [3.8, 4) is 5.88 Å². The molecule has 30 heavy (non-hydrogen) atoms. The summed E-state index contributed by atoms with van der Waals surface area (Å²) in [4.78, 5) is 35.7. The first-order valence-corrected chi connectivity index (χ1v) is 9.92. The minimum atomic E-state index is -0.210. The molecule has 2 aromatic heterocycles. The largest absolute Gasteiger partial charge is 0.480 e. The highest BCUT2D eigenvalue weighted by Gasteiger charge is 2.26. The van der Waals surface area contributed by atoms with E-state index < -0.39 is 0 Å². The Morgan fingerprint density at radius 1 is 1.17 bits per heavy atom. The van der Waals surface area contributed by atoms with E-state index in [-0.39, 0.29) is 17.9 Å². The molecule has 0 saturated carbocycles. The Bertz CT molecular complexity index is 1110. The summed E-state index contributed by atoms with van der Waals surface area (Å²) in [6, 6.07) is 4.92. The molecule has 1 aromatic carbocycles. The van der Waals surface area contributed by atoms with E-state index in [1.165, 1.54) is 11.8 Å². The van der Waals surface area contributed by atoms with Gasteiger partial charge >= 0.3 is 0 Å². The van der Waals surface area contributed by atoms with Gasteiger partial charge in [-0.1, -0.05) is 11.6 Å². The Morgan fingerprint density at radius 3 is 2.60 bits per heavy atom. The lowest BCUT2D eigenvalue weighted by Crippen LogP contribution is -2.46. The number of carbonyl (C=O) groups is 2. The molecule has 1 N–H and O–H groups in total. The van der Waals surface area contributed by atoms with E-state index in [0.29, 0.717) is 59.1 Å². The maximum atomic E-state index is 12.9. The van der Waals surface area contributed by atoms with Crippen LogP contribution in [0.15, 0.2) is 30.6 Å². The van der Waals surface area contributed by atoms with Gasteiger partial charge in [0.15, 0.2) is 0 Å². The normalized spacial score (nSPS) is 14.7. The lowest BCUT2D eigenvalue weighted by molar-refractivity contribution is 0.0697. The molecule has 0 atom stereocenters. The predicted octanol–water partition coefficient (Wildman–Crippen LogP) is 2.06. The van der Waals surface area contributed by atoms with Crippen molar-refractivity contribution in [2.24, 2.45) is 7.05 Å². The molecular weight excluding hydrogens is 408 g/mol. The summed E-state index contributed by atoms with van der Waals surface area (Å²) in [5.74, 6) is 0.0744. The molecule has 1 aliphatic rings. The second kappa shape index (κ2) is 8.27. The number of halogens is 1. The lowest BCUT2D eigenvalue weighted by Gasteiger charge is -2.32. The van der Waals surface area contributed by atoms with Crippen molar-refractivity contribution in [3.63, 3.8) is 0 Å². The van der Waals surface area contributed by atoms with Gasteiger partial charge in [-0.3, -0.25) is 24.2 Å². The standard InChI is InChI=1S/C20H21ClN6O3/c1-26-16(11-17(25-26)30-2)19(28)24-13-3-7-27(8-4-13)20(29)12-9-14(21)18-15(10-12)22-5-6-23-18/h5-6,9-11,13H,3-4,7-8H2,1-2H3,(H,24,28). The molecule has 2 amide bonds. The summed E-state index contributed by atoms with van der Waals surface area (Å²) in [5, 5.41) is 7.52. The number of aryl methyl sites for hydroxylation is 1. The maximum Gasteiger partial charge on any atom is 0.269 e. The number of aromatic nitrogens is 4. The molecule has 3 heterocycles. The third-order valence-corrected chi connectivity index (χ3v) is 5.48. The van der Waals surface area contributed by atoms with Gasteiger partial charge in [0.2, 0.25) is 5.88 Å². The Hall–Kier alpha value is -3.20. The minimum Gasteiger partial charge on any atom is -0.480 e. The number of piperidine rings is 1. The van der Waals surface area contributed by atoms with Gasteiger partial charge in [0.05, 0.1) is 17.6 Å². The van der Waals surface area contributed by atoms with Crippen molar-refractivity contribution < 1.29 is 14.3 Å². The molecule has 1 fully saturated rings. The molecule has 10 heteroatoms. The molecule has 1 saturated heterocycles. The third kappa shape index (κ3) is 3.93. The zero-order chi connectivity index (χ0) is 21.3. The molecule has 0 bridgehead atoms. The van der Waals surface area contributed by atoms with E-state index in [9.17, 15) is 9.59 Å². The summed E-state index contributed by atoms with van der Waals surface area (Å²) in [6.45, 7) is 1.07. The van der Waals surface area contributed by atoms with Crippen molar-refractivity contribution in [2.45, 2.75) is 18.9 Å². The topological polar surface area (TPSA) is 102 Å². The minimum absolute atomic E-state index is 0.0199. The van der Waals surface area contributed by atoms with Gasteiger partial charge in [-0.2, -0.15) is 0 Å². The average Bonchev–Trinajstić information content (AvgIpc) is 3.14. The van der Waals surface area contributed by atoms with Gasteiger partial charge < -0.3 is 15.0 Å². The smallest absolute Gasteiger partial charge is 0.269 e. The van der Waals surface area contributed by atoms with Gasteiger partial charge in [-0.25, -0.2) is 0 Å². The van der Waals surface area contributed by atoms with Gasteiger partial charge in [0.25, 0.3) is 11.8 Å². The summed E-state index contributed by atoms with van der Waals surface area (Å²) in [5.41, 5.74) is 2.07. The Morgan fingerprint density at radius 2 is 1.90 bits per heavy atom. The molecule has 0 spiro atoms. The number of hydrogen-bond acceptors (Lipinski definition) is 6. The van der Waals surface area contributed by atoms with Crippen LogP contribution in [0.2, 0.25) is 5.02 Å². The number of benzene rings is 1.